The van der Waals surface area contributed by atoms with Crippen molar-refractivity contribution in [2.75, 3.05) is 20.3 Å². The Morgan fingerprint density at radius 2 is 2.10 bits per heavy atom. The van der Waals surface area contributed by atoms with Crippen LogP contribution in [0, 0.1) is 16.0 Å². The maximum absolute atomic E-state index is 13.1. The van der Waals surface area contributed by atoms with Gasteiger partial charge in [-0.1, -0.05) is 17.7 Å². The number of aliphatic imine (C=N–C) groups is 1. The molecular weight excluding hydrogens is 428 g/mol. The highest BCUT2D eigenvalue weighted by molar-refractivity contribution is 6.32. The SMILES string of the molecule is COC(=O)C1C(C)=NC(C)=C(C(=O)OC[C@@H]2CCCO2)[C@@H]1c1ccc(Cl)c([N+](=O)[O-])c1. The third kappa shape index (κ3) is 4.77. The highest BCUT2D eigenvalue weighted by atomic mass is 35.5. The molecule has 9 nitrogen and oxygen atoms in total. The van der Waals surface area contributed by atoms with E-state index in [1.54, 1.807) is 19.9 Å². The maximum Gasteiger partial charge on any atom is 0.336 e. The van der Waals surface area contributed by atoms with Crippen molar-refractivity contribution in [3.63, 3.8) is 0 Å². The van der Waals surface area contributed by atoms with Crippen molar-refractivity contribution in [3.8, 4) is 0 Å². The third-order valence-electron chi connectivity index (χ3n) is 5.45. The van der Waals surface area contributed by atoms with Crippen molar-refractivity contribution < 1.29 is 28.7 Å². The number of ether oxygens (including phenoxy) is 3. The highest BCUT2D eigenvalue weighted by Crippen LogP contribution is 2.42. The van der Waals surface area contributed by atoms with Crippen LogP contribution in [-0.2, 0) is 23.8 Å². The number of rotatable bonds is 6. The van der Waals surface area contributed by atoms with Crippen LogP contribution in [0.25, 0.3) is 0 Å². The van der Waals surface area contributed by atoms with Crippen molar-refractivity contribution in [3.05, 3.63) is 50.2 Å². The molecule has 2 aliphatic heterocycles. The number of hydrogen-bond acceptors (Lipinski definition) is 8. The van der Waals surface area contributed by atoms with Gasteiger partial charge in [0.2, 0.25) is 0 Å². The fourth-order valence-corrected chi connectivity index (χ4v) is 4.17. The lowest BCUT2D eigenvalue weighted by molar-refractivity contribution is -0.384. The summed E-state index contributed by atoms with van der Waals surface area (Å²) in [5.74, 6) is -3.08. The molecule has 3 rings (SSSR count). The number of esters is 2. The Balaban J connectivity index is 2.05. The average Bonchev–Trinajstić information content (AvgIpc) is 3.25. The lowest BCUT2D eigenvalue weighted by Crippen LogP contribution is -2.36. The molecule has 0 amide bonds. The summed E-state index contributed by atoms with van der Waals surface area (Å²) in [5.41, 5.74) is 0.993. The second kappa shape index (κ2) is 9.57. The number of nitro groups is 1. The lowest BCUT2D eigenvalue weighted by atomic mass is 9.75. The average molecular weight is 451 g/mol. The quantitative estimate of drug-likeness (QED) is 0.369. The largest absolute Gasteiger partial charge is 0.468 e. The first-order chi connectivity index (χ1) is 14.7. The highest BCUT2D eigenvalue weighted by Gasteiger charge is 2.43. The molecule has 2 heterocycles. The van der Waals surface area contributed by atoms with Crippen LogP contribution in [0.2, 0.25) is 5.02 Å². The van der Waals surface area contributed by atoms with E-state index in [9.17, 15) is 19.7 Å². The molecule has 1 aromatic carbocycles. The molecule has 10 heteroatoms. The van der Waals surface area contributed by atoms with Gasteiger partial charge in [-0.3, -0.25) is 19.9 Å². The molecule has 1 aromatic rings. The fourth-order valence-electron chi connectivity index (χ4n) is 3.98. The summed E-state index contributed by atoms with van der Waals surface area (Å²) >= 11 is 5.96. The van der Waals surface area contributed by atoms with Gasteiger partial charge in [-0.25, -0.2) is 4.79 Å². The van der Waals surface area contributed by atoms with Crippen LogP contribution in [0.3, 0.4) is 0 Å². The first kappa shape index (κ1) is 22.9. The van der Waals surface area contributed by atoms with Gasteiger partial charge in [0.15, 0.2) is 0 Å². The Kier molecular flexibility index (Phi) is 7.07. The van der Waals surface area contributed by atoms with E-state index < -0.39 is 28.7 Å². The van der Waals surface area contributed by atoms with Crippen molar-refractivity contribution in [2.45, 2.75) is 38.7 Å². The van der Waals surface area contributed by atoms with Crippen molar-refractivity contribution in [1.82, 2.24) is 0 Å². The van der Waals surface area contributed by atoms with Crippen molar-refractivity contribution >= 4 is 34.9 Å². The summed E-state index contributed by atoms with van der Waals surface area (Å²) in [4.78, 5) is 40.9. The summed E-state index contributed by atoms with van der Waals surface area (Å²) in [7, 11) is 1.23. The molecule has 3 atom stereocenters. The number of nitro benzene ring substituents is 1. The molecule has 31 heavy (non-hydrogen) atoms. The number of carbonyl (C=O) groups excluding carboxylic acids is 2. The molecule has 1 saturated heterocycles. The smallest absolute Gasteiger partial charge is 0.336 e. The topological polar surface area (TPSA) is 117 Å². The number of halogens is 1. The van der Waals surface area contributed by atoms with Gasteiger partial charge < -0.3 is 14.2 Å². The van der Waals surface area contributed by atoms with E-state index in [1.807, 2.05) is 0 Å². The Hall–Kier alpha value is -2.78. The van der Waals surface area contributed by atoms with Crippen LogP contribution in [-0.4, -0.2) is 49.0 Å². The van der Waals surface area contributed by atoms with Crippen molar-refractivity contribution in [1.29, 1.82) is 0 Å². The molecule has 2 aliphatic rings. The van der Waals surface area contributed by atoms with Gasteiger partial charge in [-0.15, -0.1) is 0 Å². The number of benzene rings is 1. The monoisotopic (exact) mass is 450 g/mol. The molecule has 0 bridgehead atoms. The van der Waals surface area contributed by atoms with Gasteiger partial charge >= 0.3 is 11.9 Å². The van der Waals surface area contributed by atoms with Gasteiger partial charge in [-0.2, -0.15) is 0 Å². The molecule has 0 radical (unpaired) electrons. The van der Waals surface area contributed by atoms with E-state index >= 15 is 0 Å². The second-order valence-electron chi connectivity index (χ2n) is 7.43. The van der Waals surface area contributed by atoms with E-state index in [1.165, 1.54) is 19.2 Å². The van der Waals surface area contributed by atoms with Gasteiger partial charge in [0.1, 0.15) is 17.5 Å². The number of carbonyl (C=O) groups is 2. The minimum absolute atomic E-state index is 0.0484. The van der Waals surface area contributed by atoms with Gasteiger partial charge in [0.05, 0.1) is 23.7 Å². The van der Waals surface area contributed by atoms with Crippen LogP contribution in [0.5, 0.6) is 0 Å². The third-order valence-corrected chi connectivity index (χ3v) is 5.77. The zero-order chi connectivity index (χ0) is 22.7. The number of nitrogens with zero attached hydrogens (tertiary/aromatic N) is 2. The van der Waals surface area contributed by atoms with Crippen LogP contribution in [0.4, 0.5) is 5.69 Å². The fraction of sp³-hybridized carbons (Fsp3) is 0.476. The molecule has 0 N–H and O–H groups in total. The van der Waals surface area contributed by atoms with Gasteiger partial charge in [-0.05, 0) is 38.3 Å². The van der Waals surface area contributed by atoms with E-state index in [0.29, 0.717) is 23.6 Å². The summed E-state index contributed by atoms with van der Waals surface area (Å²) < 4.78 is 15.9. The summed E-state index contributed by atoms with van der Waals surface area (Å²) in [6.07, 6.45) is 1.51. The van der Waals surface area contributed by atoms with Gasteiger partial charge in [0, 0.05) is 30.0 Å². The first-order valence-corrected chi connectivity index (χ1v) is 10.2. The molecule has 1 unspecified atom stereocenters. The Morgan fingerprint density at radius 1 is 1.35 bits per heavy atom. The summed E-state index contributed by atoms with van der Waals surface area (Å²) in [5, 5.41) is 11.4. The van der Waals surface area contributed by atoms with Crippen molar-refractivity contribution in [2.24, 2.45) is 10.9 Å². The van der Waals surface area contributed by atoms with Gasteiger partial charge in [0.25, 0.3) is 5.69 Å². The number of methoxy groups -OCH3 is 1. The van der Waals surface area contributed by atoms with Crippen LogP contribution in [0.15, 0.2) is 34.5 Å². The molecule has 1 fully saturated rings. The Bertz CT molecular complexity index is 966. The molecule has 0 aliphatic carbocycles. The molecular formula is C21H23ClN2O7. The Labute approximate surface area is 184 Å². The Morgan fingerprint density at radius 3 is 2.71 bits per heavy atom. The lowest BCUT2D eigenvalue weighted by Gasteiger charge is -2.31. The molecule has 166 valence electrons. The predicted octanol–water partition coefficient (Wildman–Crippen LogP) is 3.59. The minimum Gasteiger partial charge on any atom is -0.468 e. The number of allylic oxidation sites excluding steroid dienone is 1. The first-order valence-electron chi connectivity index (χ1n) is 9.81. The molecule has 0 saturated carbocycles. The second-order valence-corrected chi connectivity index (χ2v) is 7.84. The zero-order valence-corrected chi connectivity index (χ0v) is 18.2. The summed E-state index contributed by atoms with van der Waals surface area (Å²) in [6.45, 7) is 3.98. The molecule has 0 spiro atoms. The van der Waals surface area contributed by atoms with Crippen LogP contribution < -0.4 is 0 Å². The van der Waals surface area contributed by atoms with E-state index in [4.69, 9.17) is 25.8 Å². The van der Waals surface area contributed by atoms with Crippen LogP contribution >= 0.6 is 11.6 Å². The minimum atomic E-state index is -0.945. The maximum atomic E-state index is 13.1. The zero-order valence-electron chi connectivity index (χ0n) is 17.4. The number of hydrogen-bond donors (Lipinski definition) is 0. The predicted molar refractivity (Wildman–Crippen MR) is 112 cm³/mol. The standard InChI is InChI=1S/C21H23ClN2O7/c1-11-17(20(25)29-3)19(13-6-7-15(22)16(9-13)24(27)28)18(12(2)23-11)21(26)31-10-14-5-4-8-30-14/h6-7,9,14,17,19H,4-5,8,10H2,1-3H3/t14-,17?,19+/m0/s1. The summed E-state index contributed by atoms with van der Waals surface area (Å²) in [6, 6.07) is 4.19. The normalized spacial score (nSPS) is 23.4. The van der Waals surface area contributed by atoms with E-state index in [-0.39, 0.29) is 29.0 Å². The van der Waals surface area contributed by atoms with E-state index in [2.05, 4.69) is 4.99 Å². The van der Waals surface area contributed by atoms with Crippen LogP contribution in [0.1, 0.15) is 38.2 Å². The van der Waals surface area contributed by atoms with E-state index in [0.717, 1.165) is 12.8 Å². The molecule has 0 aromatic heterocycles.